The largest absolute Gasteiger partial charge is 0.378 e. The molecule has 1 aliphatic carbocycles. The molecule has 3 rings (SSSR count). The number of guanidine groups is 1. The van der Waals surface area contributed by atoms with Crippen LogP contribution in [0.5, 0.6) is 0 Å². The van der Waals surface area contributed by atoms with Crippen molar-refractivity contribution in [2.45, 2.75) is 65.6 Å². The number of hydrogen-bond donors (Lipinski definition) is 2. The molecule has 2 unspecified atom stereocenters. The minimum atomic E-state index is 0.180. The lowest BCUT2D eigenvalue weighted by Gasteiger charge is -2.55. The maximum atomic E-state index is 5.99. The van der Waals surface area contributed by atoms with Crippen LogP contribution < -0.4 is 10.6 Å². The third-order valence-corrected chi connectivity index (χ3v) is 6.35. The molecular weight excluding hydrogens is 364 g/mol. The van der Waals surface area contributed by atoms with Gasteiger partial charge in [-0.2, -0.15) is 0 Å². The molecule has 0 bridgehead atoms. The maximum absolute atomic E-state index is 5.99. The summed E-state index contributed by atoms with van der Waals surface area (Å²) in [5.74, 6) is 2.62. The molecule has 1 fully saturated rings. The Morgan fingerprint density at radius 3 is 2.62 bits per heavy atom. The highest BCUT2D eigenvalue weighted by atomic mass is 16.5. The fourth-order valence-electron chi connectivity index (χ4n) is 4.41. The van der Waals surface area contributed by atoms with E-state index in [1.807, 2.05) is 37.0 Å². The Morgan fingerprint density at radius 2 is 2.07 bits per heavy atom. The van der Waals surface area contributed by atoms with Crippen LogP contribution in [0.15, 0.2) is 35.7 Å². The average Bonchev–Trinajstić information content (AvgIpc) is 3.17. The number of nitrogens with one attached hydrogen (secondary N) is 2. The van der Waals surface area contributed by atoms with Crippen molar-refractivity contribution in [2.75, 3.05) is 13.7 Å². The first-order valence-corrected chi connectivity index (χ1v) is 10.6. The summed E-state index contributed by atoms with van der Waals surface area (Å²) in [4.78, 5) is 13.2. The molecule has 0 saturated heterocycles. The molecule has 0 spiro atoms. The number of aromatic nitrogens is 3. The number of imidazole rings is 1. The molecule has 7 nitrogen and oxygen atoms in total. The summed E-state index contributed by atoms with van der Waals surface area (Å²) in [5.41, 5.74) is 1.28. The van der Waals surface area contributed by atoms with Crippen molar-refractivity contribution >= 4 is 5.96 Å². The minimum absolute atomic E-state index is 0.180. The van der Waals surface area contributed by atoms with Gasteiger partial charge >= 0.3 is 0 Å². The minimum Gasteiger partial charge on any atom is -0.378 e. The van der Waals surface area contributed by atoms with Gasteiger partial charge in [0, 0.05) is 50.2 Å². The molecule has 0 aliphatic heterocycles. The van der Waals surface area contributed by atoms with Crippen molar-refractivity contribution in [3.8, 4) is 5.82 Å². The van der Waals surface area contributed by atoms with Gasteiger partial charge in [0.25, 0.3) is 0 Å². The van der Waals surface area contributed by atoms with Crippen molar-refractivity contribution < 1.29 is 4.74 Å². The lowest BCUT2D eigenvalue weighted by atomic mass is 9.58. The topological polar surface area (TPSA) is 76.4 Å². The van der Waals surface area contributed by atoms with Gasteiger partial charge < -0.3 is 15.4 Å². The highest BCUT2D eigenvalue weighted by molar-refractivity contribution is 5.80. The van der Waals surface area contributed by atoms with Gasteiger partial charge in [-0.15, -0.1) is 0 Å². The smallest absolute Gasteiger partial charge is 0.191 e. The summed E-state index contributed by atoms with van der Waals surface area (Å²) in [7, 11) is 1.82. The zero-order chi connectivity index (χ0) is 20.9. The van der Waals surface area contributed by atoms with E-state index in [4.69, 9.17) is 4.74 Å². The number of rotatable bonds is 8. The van der Waals surface area contributed by atoms with Crippen LogP contribution in [0.1, 0.15) is 51.4 Å². The predicted octanol–water partition coefficient (Wildman–Crippen LogP) is 3.22. The second-order valence-electron chi connectivity index (χ2n) is 7.61. The van der Waals surface area contributed by atoms with Crippen LogP contribution in [0.3, 0.4) is 0 Å². The first kappa shape index (κ1) is 21.3. The van der Waals surface area contributed by atoms with E-state index in [-0.39, 0.29) is 5.41 Å². The molecule has 7 heteroatoms. The van der Waals surface area contributed by atoms with E-state index in [2.05, 4.69) is 52.4 Å². The Bertz CT molecular complexity index is 809. The first-order valence-electron chi connectivity index (χ1n) is 10.6. The van der Waals surface area contributed by atoms with Crippen molar-refractivity contribution in [1.82, 2.24) is 25.2 Å². The van der Waals surface area contributed by atoms with Crippen molar-refractivity contribution in [2.24, 2.45) is 10.4 Å². The first-order chi connectivity index (χ1) is 14.1. The lowest BCUT2D eigenvalue weighted by Crippen LogP contribution is -2.65. The molecule has 2 heterocycles. The molecule has 0 aromatic carbocycles. The van der Waals surface area contributed by atoms with Crippen LogP contribution in [0.25, 0.3) is 5.82 Å². The number of ether oxygens (including phenoxy) is 1. The van der Waals surface area contributed by atoms with Crippen LogP contribution in [0, 0.1) is 12.3 Å². The molecule has 2 aromatic rings. The Kier molecular flexibility index (Phi) is 6.90. The standard InChI is InChI=1S/C22H34N6O/c1-6-22(7-2)18(13-19(22)29-8-3)27-21(23-5)26-15-17-9-10-20(25-14-17)28-12-11-24-16(28)4/h9-12,14,18-19H,6-8,13,15H2,1-5H3,(H2,23,26,27). The van der Waals surface area contributed by atoms with Gasteiger partial charge in [0.15, 0.2) is 5.96 Å². The van der Waals surface area contributed by atoms with E-state index in [0.29, 0.717) is 18.7 Å². The van der Waals surface area contributed by atoms with E-state index in [1.165, 1.54) is 0 Å². The third-order valence-electron chi connectivity index (χ3n) is 6.35. The van der Waals surface area contributed by atoms with Crippen LogP contribution in [-0.4, -0.2) is 46.3 Å². The van der Waals surface area contributed by atoms with Crippen molar-refractivity contribution in [3.63, 3.8) is 0 Å². The zero-order valence-electron chi connectivity index (χ0n) is 18.3. The Morgan fingerprint density at radius 1 is 1.28 bits per heavy atom. The molecule has 1 saturated carbocycles. The normalized spacial score (nSPS) is 20.9. The molecule has 2 atom stereocenters. The van der Waals surface area contributed by atoms with Gasteiger partial charge in [-0.05, 0) is 44.7 Å². The van der Waals surface area contributed by atoms with Gasteiger partial charge in [0.05, 0.1) is 6.10 Å². The zero-order valence-corrected chi connectivity index (χ0v) is 18.3. The fraction of sp³-hybridized carbons (Fsp3) is 0.591. The number of pyridine rings is 1. The van der Waals surface area contributed by atoms with E-state index in [1.54, 1.807) is 6.20 Å². The number of aliphatic imine (C=N–C) groups is 1. The number of hydrogen-bond acceptors (Lipinski definition) is 4. The third kappa shape index (κ3) is 4.29. The van der Waals surface area contributed by atoms with Gasteiger partial charge in [-0.25, -0.2) is 9.97 Å². The van der Waals surface area contributed by atoms with E-state index in [0.717, 1.165) is 49.0 Å². The van der Waals surface area contributed by atoms with Crippen LogP contribution >= 0.6 is 0 Å². The number of aryl methyl sites for hydroxylation is 1. The van der Waals surface area contributed by atoms with Crippen LogP contribution in [-0.2, 0) is 11.3 Å². The predicted molar refractivity (Wildman–Crippen MR) is 116 cm³/mol. The molecule has 1 aliphatic rings. The van der Waals surface area contributed by atoms with Crippen molar-refractivity contribution in [3.05, 3.63) is 42.1 Å². The Hall–Kier alpha value is -2.41. The van der Waals surface area contributed by atoms with E-state index >= 15 is 0 Å². The Labute approximate surface area is 174 Å². The van der Waals surface area contributed by atoms with Gasteiger partial charge in [0.1, 0.15) is 11.6 Å². The molecule has 0 radical (unpaired) electrons. The molecule has 2 aromatic heterocycles. The fourth-order valence-corrected chi connectivity index (χ4v) is 4.41. The summed E-state index contributed by atoms with van der Waals surface area (Å²) in [6.07, 6.45) is 9.16. The summed E-state index contributed by atoms with van der Waals surface area (Å²) in [6.45, 7) is 10.0. The molecule has 2 N–H and O–H groups in total. The average molecular weight is 399 g/mol. The summed E-state index contributed by atoms with van der Waals surface area (Å²) < 4.78 is 7.96. The van der Waals surface area contributed by atoms with E-state index < -0.39 is 0 Å². The summed E-state index contributed by atoms with van der Waals surface area (Å²) in [5, 5.41) is 7.04. The van der Waals surface area contributed by atoms with Gasteiger partial charge in [-0.1, -0.05) is 19.9 Å². The van der Waals surface area contributed by atoms with E-state index in [9.17, 15) is 0 Å². The van der Waals surface area contributed by atoms with Crippen LogP contribution in [0.4, 0.5) is 0 Å². The quantitative estimate of drug-likeness (QED) is 0.527. The molecule has 158 valence electrons. The highest BCUT2D eigenvalue weighted by Crippen LogP contribution is 2.48. The van der Waals surface area contributed by atoms with Crippen molar-refractivity contribution in [1.29, 1.82) is 0 Å². The second-order valence-corrected chi connectivity index (χ2v) is 7.61. The maximum Gasteiger partial charge on any atom is 0.191 e. The van der Waals surface area contributed by atoms with Gasteiger partial charge in [-0.3, -0.25) is 9.56 Å². The lowest BCUT2D eigenvalue weighted by molar-refractivity contribution is -0.133. The number of nitrogens with zero attached hydrogens (tertiary/aromatic N) is 4. The monoisotopic (exact) mass is 398 g/mol. The molecule has 29 heavy (non-hydrogen) atoms. The van der Waals surface area contributed by atoms with Crippen LogP contribution in [0.2, 0.25) is 0 Å². The SMILES string of the molecule is CCOC1CC(NC(=NC)NCc2ccc(-n3ccnc3C)nc2)C1(CC)CC. The van der Waals surface area contributed by atoms with Gasteiger partial charge in [0.2, 0.25) is 0 Å². The second kappa shape index (κ2) is 9.39. The summed E-state index contributed by atoms with van der Waals surface area (Å²) >= 11 is 0. The highest BCUT2D eigenvalue weighted by Gasteiger charge is 2.53. The Balaban J connectivity index is 1.58. The summed E-state index contributed by atoms with van der Waals surface area (Å²) in [6, 6.07) is 4.48. The molecule has 0 amide bonds. The molecular formula is C22H34N6O.